The van der Waals surface area contributed by atoms with E-state index < -0.39 is 6.04 Å². The minimum Gasteiger partial charge on any atom is -0.354 e. The molecule has 102 valence electrons. The molecule has 0 radical (unpaired) electrons. The van der Waals surface area contributed by atoms with Crippen molar-refractivity contribution in [1.29, 1.82) is 0 Å². The molecule has 6 nitrogen and oxygen atoms in total. The van der Waals surface area contributed by atoms with E-state index in [-0.39, 0.29) is 30.2 Å². The normalized spacial score (nSPS) is 18.0. The predicted octanol–water partition coefficient (Wildman–Crippen LogP) is -0.504. The summed E-state index contributed by atoms with van der Waals surface area (Å²) >= 11 is 0. The molecule has 1 atom stereocenters. The van der Waals surface area contributed by atoms with E-state index in [1.54, 1.807) is 0 Å². The molecular formula is C12H21N3O3. The monoisotopic (exact) mass is 255 g/mol. The number of amides is 3. The van der Waals surface area contributed by atoms with E-state index in [1.165, 1.54) is 11.8 Å². The summed E-state index contributed by atoms with van der Waals surface area (Å²) in [5, 5.41) is 5.37. The van der Waals surface area contributed by atoms with Crippen molar-refractivity contribution in [2.75, 3.05) is 19.6 Å². The van der Waals surface area contributed by atoms with Crippen LogP contribution in [0.1, 0.15) is 27.2 Å². The largest absolute Gasteiger partial charge is 0.354 e. The number of hydrogen-bond acceptors (Lipinski definition) is 3. The average Bonchev–Trinajstić information content (AvgIpc) is 2.49. The van der Waals surface area contributed by atoms with Crippen molar-refractivity contribution in [2.45, 2.75) is 33.2 Å². The molecule has 1 unspecified atom stereocenters. The highest BCUT2D eigenvalue weighted by Gasteiger charge is 2.29. The van der Waals surface area contributed by atoms with Crippen LogP contribution in [0.25, 0.3) is 0 Å². The average molecular weight is 255 g/mol. The van der Waals surface area contributed by atoms with E-state index in [0.29, 0.717) is 13.1 Å². The summed E-state index contributed by atoms with van der Waals surface area (Å²) in [5.41, 5.74) is 0. The SMILES string of the molecule is CC(=O)NC(C(=O)N1CCCNC(=O)C1)C(C)C. The van der Waals surface area contributed by atoms with E-state index in [4.69, 9.17) is 0 Å². The van der Waals surface area contributed by atoms with Gasteiger partial charge in [-0.25, -0.2) is 0 Å². The van der Waals surface area contributed by atoms with Crippen molar-refractivity contribution in [3.63, 3.8) is 0 Å². The zero-order valence-electron chi connectivity index (χ0n) is 11.2. The van der Waals surface area contributed by atoms with E-state index in [2.05, 4.69) is 10.6 Å². The molecular weight excluding hydrogens is 234 g/mol. The Morgan fingerprint density at radius 3 is 2.61 bits per heavy atom. The van der Waals surface area contributed by atoms with Gasteiger partial charge in [0.25, 0.3) is 0 Å². The Balaban J connectivity index is 2.74. The molecule has 0 aromatic heterocycles. The number of nitrogens with zero attached hydrogens (tertiary/aromatic N) is 1. The van der Waals surface area contributed by atoms with Crippen LogP contribution in [0.3, 0.4) is 0 Å². The third-order valence-corrected chi connectivity index (χ3v) is 2.86. The van der Waals surface area contributed by atoms with Crippen molar-refractivity contribution in [1.82, 2.24) is 15.5 Å². The van der Waals surface area contributed by atoms with Gasteiger partial charge >= 0.3 is 0 Å². The van der Waals surface area contributed by atoms with Crippen LogP contribution < -0.4 is 10.6 Å². The first-order chi connectivity index (χ1) is 8.41. The summed E-state index contributed by atoms with van der Waals surface area (Å²) < 4.78 is 0. The first-order valence-electron chi connectivity index (χ1n) is 6.24. The van der Waals surface area contributed by atoms with Gasteiger partial charge in [0.05, 0.1) is 6.54 Å². The van der Waals surface area contributed by atoms with Crippen LogP contribution in [0.15, 0.2) is 0 Å². The highest BCUT2D eigenvalue weighted by atomic mass is 16.2. The summed E-state index contributed by atoms with van der Waals surface area (Å²) in [5.74, 6) is -0.572. The van der Waals surface area contributed by atoms with Crippen molar-refractivity contribution in [3.8, 4) is 0 Å². The summed E-state index contributed by atoms with van der Waals surface area (Å²) in [4.78, 5) is 36.4. The lowest BCUT2D eigenvalue weighted by atomic mass is 10.0. The van der Waals surface area contributed by atoms with Crippen molar-refractivity contribution in [2.24, 2.45) is 5.92 Å². The predicted molar refractivity (Wildman–Crippen MR) is 66.6 cm³/mol. The van der Waals surface area contributed by atoms with Crippen LogP contribution in [0, 0.1) is 5.92 Å². The van der Waals surface area contributed by atoms with E-state index in [9.17, 15) is 14.4 Å². The van der Waals surface area contributed by atoms with Gasteiger partial charge in [-0.05, 0) is 12.3 Å². The van der Waals surface area contributed by atoms with Gasteiger partial charge in [0.2, 0.25) is 17.7 Å². The van der Waals surface area contributed by atoms with Crippen LogP contribution in [0.5, 0.6) is 0 Å². The molecule has 0 aromatic rings. The molecule has 1 fully saturated rings. The molecule has 1 aliphatic heterocycles. The maximum Gasteiger partial charge on any atom is 0.245 e. The minimum absolute atomic E-state index is 0.00675. The number of carbonyl (C=O) groups is 3. The number of nitrogens with one attached hydrogen (secondary N) is 2. The minimum atomic E-state index is -0.562. The number of hydrogen-bond donors (Lipinski definition) is 2. The zero-order valence-corrected chi connectivity index (χ0v) is 11.2. The van der Waals surface area contributed by atoms with Gasteiger partial charge in [0.15, 0.2) is 0 Å². The third-order valence-electron chi connectivity index (χ3n) is 2.86. The second-order valence-corrected chi connectivity index (χ2v) is 4.89. The van der Waals surface area contributed by atoms with Crippen LogP contribution in [-0.4, -0.2) is 48.3 Å². The molecule has 0 spiro atoms. The molecule has 1 aliphatic rings. The molecule has 0 aliphatic carbocycles. The van der Waals surface area contributed by atoms with E-state index in [1.807, 2.05) is 13.8 Å². The molecule has 1 rings (SSSR count). The zero-order chi connectivity index (χ0) is 13.7. The van der Waals surface area contributed by atoms with Gasteiger partial charge in [-0.2, -0.15) is 0 Å². The van der Waals surface area contributed by atoms with Crippen molar-refractivity contribution in [3.05, 3.63) is 0 Å². The molecule has 1 saturated heterocycles. The van der Waals surface area contributed by atoms with Gasteiger partial charge in [0.1, 0.15) is 6.04 Å². The van der Waals surface area contributed by atoms with Crippen LogP contribution in [-0.2, 0) is 14.4 Å². The Hall–Kier alpha value is -1.59. The third kappa shape index (κ3) is 4.01. The van der Waals surface area contributed by atoms with Crippen LogP contribution in [0.4, 0.5) is 0 Å². The summed E-state index contributed by atoms with van der Waals surface area (Å²) in [7, 11) is 0. The Kier molecular flexibility index (Phi) is 5.12. The Bertz CT molecular complexity index is 341. The fourth-order valence-corrected chi connectivity index (χ4v) is 1.92. The van der Waals surface area contributed by atoms with Crippen LogP contribution >= 0.6 is 0 Å². The quantitative estimate of drug-likeness (QED) is 0.713. The summed E-state index contributed by atoms with van der Waals surface area (Å²) in [6.45, 7) is 6.34. The number of carbonyl (C=O) groups excluding carboxylic acids is 3. The fourth-order valence-electron chi connectivity index (χ4n) is 1.92. The number of rotatable bonds is 3. The van der Waals surface area contributed by atoms with Gasteiger partial charge in [0, 0.05) is 20.0 Å². The lowest BCUT2D eigenvalue weighted by molar-refractivity contribution is -0.139. The Morgan fingerprint density at radius 2 is 2.06 bits per heavy atom. The molecule has 18 heavy (non-hydrogen) atoms. The Morgan fingerprint density at radius 1 is 1.39 bits per heavy atom. The molecule has 0 aromatic carbocycles. The molecule has 0 bridgehead atoms. The van der Waals surface area contributed by atoms with Gasteiger partial charge < -0.3 is 15.5 Å². The smallest absolute Gasteiger partial charge is 0.245 e. The topological polar surface area (TPSA) is 78.5 Å². The first-order valence-corrected chi connectivity index (χ1v) is 6.24. The second-order valence-electron chi connectivity index (χ2n) is 4.89. The van der Waals surface area contributed by atoms with Gasteiger partial charge in [-0.15, -0.1) is 0 Å². The van der Waals surface area contributed by atoms with Gasteiger partial charge in [-0.3, -0.25) is 14.4 Å². The highest BCUT2D eigenvalue weighted by molar-refractivity contribution is 5.90. The highest BCUT2D eigenvalue weighted by Crippen LogP contribution is 2.08. The lowest BCUT2D eigenvalue weighted by Crippen LogP contribution is -2.52. The first kappa shape index (κ1) is 14.5. The molecule has 3 amide bonds. The van der Waals surface area contributed by atoms with E-state index in [0.717, 1.165) is 6.42 Å². The van der Waals surface area contributed by atoms with Crippen molar-refractivity contribution >= 4 is 17.7 Å². The molecule has 6 heteroatoms. The van der Waals surface area contributed by atoms with Crippen LogP contribution in [0.2, 0.25) is 0 Å². The maximum atomic E-state index is 12.3. The summed E-state index contributed by atoms with van der Waals surface area (Å²) in [6.07, 6.45) is 0.738. The standard InChI is InChI=1S/C12H21N3O3/c1-8(2)11(14-9(3)16)12(18)15-6-4-5-13-10(17)7-15/h8,11H,4-7H2,1-3H3,(H,13,17)(H,14,16). The van der Waals surface area contributed by atoms with E-state index >= 15 is 0 Å². The maximum absolute atomic E-state index is 12.3. The molecule has 2 N–H and O–H groups in total. The lowest BCUT2D eigenvalue weighted by Gasteiger charge is -2.27. The summed E-state index contributed by atoms with van der Waals surface area (Å²) in [6, 6.07) is -0.562. The fraction of sp³-hybridized carbons (Fsp3) is 0.750. The van der Waals surface area contributed by atoms with Crippen molar-refractivity contribution < 1.29 is 14.4 Å². The van der Waals surface area contributed by atoms with Gasteiger partial charge in [-0.1, -0.05) is 13.8 Å². The molecule has 1 heterocycles. The second kappa shape index (κ2) is 6.37. The molecule has 0 saturated carbocycles. The Labute approximate surface area is 107 Å².